The van der Waals surface area contributed by atoms with Crippen molar-refractivity contribution in [2.24, 2.45) is 46.3 Å². The van der Waals surface area contributed by atoms with Crippen LogP contribution in [0.15, 0.2) is 29.2 Å². The van der Waals surface area contributed by atoms with Crippen LogP contribution in [0.4, 0.5) is 0 Å². The number of benzene rings is 1. The molecular weight excluding hydrogens is 520 g/mol. The standard InChI is InChI=1S/C34H52O5S/c1-22(2)8-7-9-24(4)28-14-15-29-27-20-31(35)34(36)21-25(39-40(37,38)26-12-10-23(3)11-13-26)16-19-33(34,6)30(27)17-18-32(28,29)5/h10-13,22,24-25,27-30,36H,7-9,14-21H2,1-6H3/t24-,25?,27?,28?,29?,30?,32?,33?,34+/m1/s1. The van der Waals surface area contributed by atoms with E-state index in [0.29, 0.717) is 42.9 Å². The van der Waals surface area contributed by atoms with Gasteiger partial charge in [0.05, 0.1) is 11.0 Å². The maximum atomic E-state index is 13.9. The molecule has 4 fully saturated rings. The van der Waals surface area contributed by atoms with E-state index >= 15 is 0 Å². The Balaban J connectivity index is 1.31. The number of rotatable bonds is 8. The predicted molar refractivity (Wildman–Crippen MR) is 158 cm³/mol. The highest BCUT2D eigenvalue weighted by Crippen LogP contribution is 2.68. The molecule has 0 aromatic heterocycles. The van der Waals surface area contributed by atoms with E-state index in [1.807, 2.05) is 6.92 Å². The average molecular weight is 573 g/mol. The molecule has 7 unspecified atom stereocenters. The number of aliphatic hydroxyl groups is 1. The van der Waals surface area contributed by atoms with Crippen LogP contribution in [0.5, 0.6) is 0 Å². The van der Waals surface area contributed by atoms with Crippen LogP contribution in [0.25, 0.3) is 0 Å². The number of carbonyl (C=O) groups excluding carboxylic acids is 1. The van der Waals surface area contributed by atoms with Crippen molar-refractivity contribution in [2.45, 2.75) is 129 Å². The van der Waals surface area contributed by atoms with E-state index in [2.05, 4.69) is 34.6 Å². The van der Waals surface area contributed by atoms with Crippen LogP contribution in [-0.4, -0.2) is 31.0 Å². The summed E-state index contributed by atoms with van der Waals surface area (Å²) < 4.78 is 31.7. The first kappa shape index (κ1) is 30.2. The average Bonchev–Trinajstić information content (AvgIpc) is 3.23. The number of hydrogen-bond donors (Lipinski definition) is 1. The smallest absolute Gasteiger partial charge is 0.297 e. The molecule has 0 aliphatic heterocycles. The molecule has 224 valence electrons. The Labute approximate surface area is 243 Å². The van der Waals surface area contributed by atoms with E-state index < -0.39 is 27.2 Å². The molecule has 0 spiro atoms. The van der Waals surface area contributed by atoms with Crippen LogP contribution >= 0.6 is 0 Å². The van der Waals surface area contributed by atoms with Gasteiger partial charge >= 0.3 is 0 Å². The maximum absolute atomic E-state index is 13.9. The molecule has 0 radical (unpaired) electrons. The number of carbonyl (C=O) groups is 1. The zero-order chi connectivity index (χ0) is 29.1. The van der Waals surface area contributed by atoms with E-state index in [4.69, 9.17) is 4.18 Å². The van der Waals surface area contributed by atoms with Crippen molar-refractivity contribution >= 4 is 15.9 Å². The molecule has 6 heteroatoms. The molecule has 1 aromatic rings. The Morgan fingerprint density at radius 2 is 1.68 bits per heavy atom. The summed E-state index contributed by atoms with van der Waals surface area (Å²) in [5.74, 6) is 3.23. The monoisotopic (exact) mass is 572 g/mol. The summed E-state index contributed by atoms with van der Waals surface area (Å²) >= 11 is 0. The second-order valence-electron chi connectivity index (χ2n) is 15.0. The van der Waals surface area contributed by atoms with Gasteiger partial charge in [0.2, 0.25) is 0 Å². The fourth-order valence-corrected chi connectivity index (χ4v) is 11.2. The maximum Gasteiger partial charge on any atom is 0.297 e. The lowest BCUT2D eigenvalue weighted by molar-refractivity contribution is -0.211. The van der Waals surface area contributed by atoms with Crippen LogP contribution < -0.4 is 0 Å². The fraction of sp³-hybridized carbons (Fsp3) is 0.794. The Bertz CT molecular complexity index is 1190. The van der Waals surface area contributed by atoms with Crippen LogP contribution in [-0.2, 0) is 19.1 Å². The lowest BCUT2D eigenvalue weighted by Crippen LogP contribution is -2.67. The Kier molecular flexibility index (Phi) is 8.15. The molecule has 9 atom stereocenters. The molecule has 4 aliphatic rings. The van der Waals surface area contributed by atoms with E-state index in [9.17, 15) is 18.3 Å². The second kappa shape index (κ2) is 10.8. The minimum absolute atomic E-state index is 0.0636. The van der Waals surface area contributed by atoms with Gasteiger partial charge in [0.1, 0.15) is 5.60 Å². The third-order valence-electron chi connectivity index (χ3n) is 12.4. The molecule has 1 N–H and O–H groups in total. The number of aryl methyl sites for hydroxylation is 1. The first-order chi connectivity index (χ1) is 18.7. The van der Waals surface area contributed by atoms with Gasteiger partial charge in [-0.15, -0.1) is 0 Å². The van der Waals surface area contributed by atoms with E-state index in [-0.39, 0.29) is 28.4 Å². The largest absolute Gasteiger partial charge is 0.381 e. The quantitative estimate of drug-likeness (QED) is 0.327. The molecule has 1 aromatic carbocycles. The molecule has 0 heterocycles. The van der Waals surface area contributed by atoms with Gasteiger partial charge in [-0.2, -0.15) is 8.42 Å². The van der Waals surface area contributed by atoms with Crippen LogP contribution in [0.3, 0.4) is 0 Å². The van der Waals surface area contributed by atoms with Gasteiger partial charge < -0.3 is 5.11 Å². The summed E-state index contributed by atoms with van der Waals surface area (Å²) in [4.78, 5) is 14.0. The van der Waals surface area contributed by atoms with Crippen molar-refractivity contribution < 1.29 is 22.5 Å². The highest BCUT2D eigenvalue weighted by molar-refractivity contribution is 7.86. The molecular formula is C34H52O5S. The lowest BCUT2D eigenvalue weighted by Gasteiger charge is -2.63. The molecule has 4 saturated carbocycles. The Morgan fingerprint density at radius 3 is 2.35 bits per heavy atom. The minimum atomic E-state index is -3.97. The van der Waals surface area contributed by atoms with Crippen molar-refractivity contribution in [3.63, 3.8) is 0 Å². The van der Waals surface area contributed by atoms with Gasteiger partial charge in [-0.05, 0) is 98.5 Å². The second-order valence-corrected chi connectivity index (χ2v) is 16.6. The van der Waals surface area contributed by atoms with Crippen LogP contribution in [0.1, 0.15) is 111 Å². The van der Waals surface area contributed by atoms with E-state index in [0.717, 1.165) is 17.9 Å². The summed E-state index contributed by atoms with van der Waals surface area (Å²) in [7, 11) is -3.97. The fourth-order valence-electron chi connectivity index (χ4n) is 10.0. The van der Waals surface area contributed by atoms with E-state index in [1.54, 1.807) is 24.3 Å². The minimum Gasteiger partial charge on any atom is -0.381 e. The SMILES string of the molecule is Cc1ccc(S(=O)(=O)OC2CCC3(C)C4CCC5(C)C(CCC5[C@H](C)CCCC(C)C)C4CC(=O)[C@@]3(O)C2)cc1. The van der Waals surface area contributed by atoms with Gasteiger partial charge in [-0.3, -0.25) is 8.98 Å². The zero-order valence-electron chi connectivity index (χ0n) is 25.6. The molecule has 0 saturated heterocycles. The summed E-state index contributed by atoms with van der Waals surface area (Å²) in [6, 6.07) is 6.62. The molecule has 5 rings (SSSR count). The highest BCUT2D eigenvalue weighted by atomic mass is 32.2. The number of ketones is 1. The van der Waals surface area contributed by atoms with Crippen molar-refractivity contribution in [3.8, 4) is 0 Å². The first-order valence-corrected chi connectivity index (χ1v) is 17.4. The summed E-state index contributed by atoms with van der Waals surface area (Å²) in [6.45, 7) is 13.6. The van der Waals surface area contributed by atoms with Crippen molar-refractivity contribution in [1.29, 1.82) is 0 Å². The van der Waals surface area contributed by atoms with Gasteiger partial charge in [0.25, 0.3) is 10.1 Å². The molecule has 4 aliphatic carbocycles. The van der Waals surface area contributed by atoms with Gasteiger partial charge in [-0.25, -0.2) is 0 Å². The van der Waals surface area contributed by atoms with Crippen molar-refractivity contribution in [1.82, 2.24) is 0 Å². The number of Topliss-reactive ketones (excluding diaryl/α,β-unsaturated/α-hetero) is 1. The van der Waals surface area contributed by atoms with Crippen LogP contribution in [0.2, 0.25) is 0 Å². The normalized spacial score (nSPS) is 40.4. The van der Waals surface area contributed by atoms with Gasteiger partial charge in [0, 0.05) is 18.3 Å². The number of hydrogen-bond acceptors (Lipinski definition) is 5. The van der Waals surface area contributed by atoms with E-state index in [1.165, 1.54) is 38.5 Å². The first-order valence-electron chi connectivity index (χ1n) is 16.0. The molecule has 0 amide bonds. The Hall–Kier alpha value is -1.24. The zero-order valence-corrected chi connectivity index (χ0v) is 26.4. The predicted octanol–water partition coefficient (Wildman–Crippen LogP) is 7.48. The lowest BCUT2D eigenvalue weighted by atomic mass is 9.42. The van der Waals surface area contributed by atoms with Crippen molar-refractivity contribution in [3.05, 3.63) is 29.8 Å². The van der Waals surface area contributed by atoms with Crippen LogP contribution in [0, 0.1) is 53.3 Å². The number of fused-ring (bicyclic) bond motifs is 5. The summed E-state index contributed by atoms with van der Waals surface area (Å²) in [6.07, 6.45) is 9.50. The Morgan fingerprint density at radius 1 is 0.975 bits per heavy atom. The summed E-state index contributed by atoms with van der Waals surface area (Å²) in [5, 5.41) is 12.1. The van der Waals surface area contributed by atoms with Crippen molar-refractivity contribution in [2.75, 3.05) is 0 Å². The third-order valence-corrected chi connectivity index (χ3v) is 13.7. The molecule has 5 nitrogen and oxygen atoms in total. The van der Waals surface area contributed by atoms with Gasteiger partial charge in [0.15, 0.2) is 5.78 Å². The van der Waals surface area contributed by atoms with Gasteiger partial charge in [-0.1, -0.05) is 71.6 Å². The molecule has 40 heavy (non-hydrogen) atoms. The summed E-state index contributed by atoms with van der Waals surface area (Å²) in [5.41, 5.74) is -0.826. The highest BCUT2D eigenvalue weighted by Gasteiger charge is 2.68. The third kappa shape index (κ3) is 5.02. The molecule has 0 bridgehead atoms. The topological polar surface area (TPSA) is 80.7 Å².